The molecule has 2 aliphatic rings. The molecule has 2 rings (SSSR count). The summed E-state index contributed by atoms with van der Waals surface area (Å²) in [6.07, 6.45) is 2.99. The van der Waals surface area contributed by atoms with Crippen LogP contribution in [0.1, 0.15) is 38.5 Å². The fourth-order valence-corrected chi connectivity index (χ4v) is 4.38. The Bertz CT molecular complexity index is 445. The van der Waals surface area contributed by atoms with Crippen LogP contribution in [-0.2, 0) is 15.0 Å². The maximum absolute atomic E-state index is 12.2. The lowest BCUT2D eigenvalue weighted by molar-refractivity contribution is -0.142. The van der Waals surface area contributed by atoms with Crippen LogP contribution >= 0.6 is 0 Å². The molecular formula is C12H22N2O5S. The third kappa shape index (κ3) is 3.91. The molecule has 1 aliphatic carbocycles. The van der Waals surface area contributed by atoms with E-state index in [0.717, 1.165) is 19.3 Å². The Morgan fingerprint density at radius 2 is 1.80 bits per heavy atom. The standard InChI is InChI=1S/C12H22N2O5S/c15-11-3-1-2-10(8-11)13-20(18,19)14-6-4-9(5-7-14)12(16)17/h9-11,13,15H,1-8H2,(H,16,17). The van der Waals surface area contributed by atoms with Crippen molar-refractivity contribution in [1.29, 1.82) is 0 Å². The van der Waals surface area contributed by atoms with Crippen LogP contribution in [0.2, 0.25) is 0 Å². The topological polar surface area (TPSA) is 107 Å². The molecule has 2 unspecified atom stereocenters. The summed E-state index contributed by atoms with van der Waals surface area (Å²) in [5.41, 5.74) is 0. The molecule has 0 aromatic rings. The third-order valence-electron chi connectivity index (χ3n) is 4.11. The van der Waals surface area contributed by atoms with Crippen molar-refractivity contribution >= 4 is 16.2 Å². The largest absolute Gasteiger partial charge is 0.481 e. The maximum atomic E-state index is 12.2. The van der Waals surface area contributed by atoms with Gasteiger partial charge in [0.1, 0.15) is 0 Å². The van der Waals surface area contributed by atoms with Crippen LogP contribution in [0.15, 0.2) is 0 Å². The van der Waals surface area contributed by atoms with Crippen molar-refractivity contribution in [2.45, 2.75) is 50.7 Å². The first-order valence-electron chi connectivity index (χ1n) is 7.07. The molecule has 1 saturated carbocycles. The van der Waals surface area contributed by atoms with Crippen molar-refractivity contribution < 1.29 is 23.4 Å². The molecule has 7 nitrogen and oxygen atoms in total. The first-order valence-corrected chi connectivity index (χ1v) is 8.51. The second-order valence-electron chi connectivity index (χ2n) is 5.65. The molecule has 0 amide bonds. The number of aliphatic hydroxyl groups excluding tert-OH is 1. The van der Waals surface area contributed by atoms with E-state index in [1.165, 1.54) is 4.31 Å². The highest BCUT2D eigenvalue weighted by atomic mass is 32.2. The molecular weight excluding hydrogens is 284 g/mol. The zero-order chi connectivity index (χ0) is 14.8. The predicted molar refractivity (Wildman–Crippen MR) is 72.3 cm³/mol. The number of aliphatic hydroxyl groups is 1. The van der Waals surface area contributed by atoms with Crippen molar-refractivity contribution in [2.24, 2.45) is 5.92 Å². The first kappa shape index (κ1) is 15.7. The molecule has 0 spiro atoms. The molecule has 2 fully saturated rings. The fourth-order valence-electron chi connectivity index (χ4n) is 2.90. The lowest BCUT2D eigenvalue weighted by Gasteiger charge is -2.32. The van der Waals surface area contributed by atoms with Gasteiger partial charge in [-0.1, -0.05) is 0 Å². The summed E-state index contributed by atoms with van der Waals surface area (Å²) in [7, 11) is -3.58. The highest BCUT2D eigenvalue weighted by molar-refractivity contribution is 7.87. The summed E-state index contributed by atoms with van der Waals surface area (Å²) in [4.78, 5) is 10.9. The molecule has 1 saturated heterocycles. The van der Waals surface area contributed by atoms with Crippen molar-refractivity contribution in [1.82, 2.24) is 9.03 Å². The van der Waals surface area contributed by atoms with E-state index < -0.39 is 28.2 Å². The molecule has 3 N–H and O–H groups in total. The van der Waals surface area contributed by atoms with Gasteiger partial charge in [0.05, 0.1) is 12.0 Å². The van der Waals surface area contributed by atoms with Crippen LogP contribution in [0.3, 0.4) is 0 Å². The number of hydrogen-bond donors (Lipinski definition) is 3. The summed E-state index contributed by atoms with van der Waals surface area (Å²) in [5.74, 6) is -1.30. The zero-order valence-electron chi connectivity index (χ0n) is 11.4. The van der Waals surface area contributed by atoms with Gasteiger partial charge in [-0.2, -0.15) is 17.4 Å². The summed E-state index contributed by atoms with van der Waals surface area (Å²) in [6.45, 7) is 0.475. The van der Waals surface area contributed by atoms with Gasteiger partial charge in [-0.15, -0.1) is 0 Å². The van der Waals surface area contributed by atoms with E-state index in [0.29, 0.717) is 19.3 Å². The van der Waals surface area contributed by atoms with E-state index in [2.05, 4.69) is 4.72 Å². The average molecular weight is 306 g/mol. The van der Waals surface area contributed by atoms with E-state index in [4.69, 9.17) is 5.11 Å². The van der Waals surface area contributed by atoms with E-state index in [9.17, 15) is 18.3 Å². The van der Waals surface area contributed by atoms with Crippen LogP contribution in [0.5, 0.6) is 0 Å². The molecule has 116 valence electrons. The summed E-state index contributed by atoms with van der Waals surface area (Å²) < 4.78 is 28.4. The molecule has 8 heteroatoms. The van der Waals surface area contributed by atoms with Gasteiger partial charge < -0.3 is 10.2 Å². The lowest BCUT2D eigenvalue weighted by Crippen LogP contribution is -2.50. The number of hydrogen-bond acceptors (Lipinski definition) is 4. The van der Waals surface area contributed by atoms with E-state index in [1.807, 2.05) is 0 Å². The Balaban J connectivity index is 1.89. The number of piperidine rings is 1. The van der Waals surface area contributed by atoms with Crippen molar-refractivity contribution in [3.8, 4) is 0 Å². The second kappa shape index (κ2) is 6.38. The Morgan fingerprint density at radius 1 is 1.15 bits per heavy atom. The quantitative estimate of drug-likeness (QED) is 0.673. The highest BCUT2D eigenvalue weighted by Crippen LogP contribution is 2.22. The van der Waals surface area contributed by atoms with Crippen LogP contribution < -0.4 is 4.72 Å². The Hall–Kier alpha value is -0.700. The molecule has 1 heterocycles. The summed E-state index contributed by atoms with van der Waals surface area (Å²) in [6, 6.07) is -0.221. The molecule has 0 bridgehead atoms. The van der Waals surface area contributed by atoms with Gasteiger partial charge in [-0.25, -0.2) is 0 Å². The van der Waals surface area contributed by atoms with E-state index in [1.54, 1.807) is 0 Å². The van der Waals surface area contributed by atoms with E-state index in [-0.39, 0.29) is 19.1 Å². The van der Waals surface area contributed by atoms with Crippen LogP contribution in [-0.4, -0.2) is 54.1 Å². The number of aliphatic carboxylic acids is 1. The number of nitrogens with zero attached hydrogens (tertiary/aromatic N) is 1. The average Bonchev–Trinajstić information content (AvgIpc) is 2.38. The third-order valence-corrected chi connectivity index (χ3v) is 5.78. The Morgan fingerprint density at radius 3 is 2.35 bits per heavy atom. The van der Waals surface area contributed by atoms with Crippen molar-refractivity contribution in [3.05, 3.63) is 0 Å². The Labute approximate surface area is 119 Å². The minimum atomic E-state index is -3.58. The number of carbonyl (C=O) groups is 1. The van der Waals surface area contributed by atoms with Gasteiger partial charge in [-0.05, 0) is 38.5 Å². The minimum absolute atomic E-state index is 0.221. The molecule has 0 radical (unpaired) electrons. The van der Waals surface area contributed by atoms with Crippen LogP contribution in [0.25, 0.3) is 0 Å². The molecule has 20 heavy (non-hydrogen) atoms. The monoisotopic (exact) mass is 306 g/mol. The highest BCUT2D eigenvalue weighted by Gasteiger charge is 2.33. The number of carboxylic acid groups (broad SMARTS) is 1. The van der Waals surface area contributed by atoms with Crippen LogP contribution in [0, 0.1) is 5.92 Å². The van der Waals surface area contributed by atoms with Crippen molar-refractivity contribution in [2.75, 3.05) is 13.1 Å². The van der Waals surface area contributed by atoms with Crippen LogP contribution in [0.4, 0.5) is 0 Å². The smallest absolute Gasteiger partial charge is 0.306 e. The lowest BCUT2D eigenvalue weighted by atomic mass is 9.94. The SMILES string of the molecule is O=C(O)C1CCN(S(=O)(=O)NC2CCCC(O)C2)CC1. The summed E-state index contributed by atoms with van der Waals surface area (Å²) in [5, 5.41) is 18.5. The van der Waals surface area contributed by atoms with Gasteiger partial charge in [0.25, 0.3) is 10.2 Å². The molecule has 0 aromatic heterocycles. The number of rotatable bonds is 4. The van der Waals surface area contributed by atoms with Gasteiger partial charge in [0.15, 0.2) is 0 Å². The first-order chi connectivity index (χ1) is 9.38. The molecule has 1 aliphatic heterocycles. The molecule has 0 aromatic carbocycles. The predicted octanol–water partition coefficient (Wildman–Crippen LogP) is -0.0791. The van der Waals surface area contributed by atoms with Gasteiger partial charge in [0, 0.05) is 19.1 Å². The number of carboxylic acids is 1. The summed E-state index contributed by atoms with van der Waals surface area (Å²) >= 11 is 0. The van der Waals surface area contributed by atoms with Crippen molar-refractivity contribution in [3.63, 3.8) is 0 Å². The fraction of sp³-hybridized carbons (Fsp3) is 0.917. The van der Waals surface area contributed by atoms with Gasteiger partial charge in [0.2, 0.25) is 0 Å². The Kier molecular flexibility index (Phi) is 5.00. The number of nitrogens with one attached hydrogen (secondary N) is 1. The second-order valence-corrected chi connectivity index (χ2v) is 7.35. The maximum Gasteiger partial charge on any atom is 0.306 e. The zero-order valence-corrected chi connectivity index (χ0v) is 12.2. The molecule has 2 atom stereocenters. The van der Waals surface area contributed by atoms with E-state index >= 15 is 0 Å². The normalized spacial score (nSPS) is 30.2. The van der Waals surface area contributed by atoms with Gasteiger partial charge >= 0.3 is 5.97 Å². The van der Waals surface area contributed by atoms with Gasteiger partial charge in [-0.3, -0.25) is 4.79 Å². The minimum Gasteiger partial charge on any atom is -0.481 e.